The number of halogens is 2. The second-order valence-electron chi connectivity index (χ2n) is 7.14. The van der Waals surface area contributed by atoms with Crippen LogP contribution >= 0.6 is 23.2 Å². The number of nitrogens with zero attached hydrogens (tertiary/aromatic N) is 2. The largest absolute Gasteiger partial charge is 0.437 e. The number of carbonyl (C=O) groups is 2. The van der Waals surface area contributed by atoms with Crippen LogP contribution in [0.5, 0.6) is 0 Å². The van der Waals surface area contributed by atoms with Crippen molar-refractivity contribution in [1.82, 2.24) is 9.55 Å². The standard InChI is InChI=1S/C24H14Cl2N2O3/c1-28-20-10-14(31-24(20)27-21(28)8-7-13-5-3-2-4-6-13)9-17-22(29)15-11-18(25)19(26)12-16(15)23(17)30/h2-12H,1H3/b8-7+. The molecule has 7 heteroatoms. The minimum atomic E-state index is -0.404. The highest BCUT2D eigenvalue weighted by molar-refractivity contribution is 6.46. The lowest BCUT2D eigenvalue weighted by Crippen LogP contribution is -1.99. The Labute approximate surface area is 187 Å². The number of rotatable bonds is 3. The fourth-order valence-corrected chi connectivity index (χ4v) is 3.88. The molecule has 4 aromatic rings. The Morgan fingerprint density at radius 1 is 0.935 bits per heavy atom. The third-order valence-electron chi connectivity index (χ3n) is 5.18. The topological polar surface area (TPSA) is 65.1 Å². The summed E-state index contributed by atoms with van der Waals surface area (Å²) in [4.78, 5) is 29.9. The molecule has 0 atom stereocenters. The Bertz CT molecular complexity index is 1400. The summed E-state index contributed by atoms with van der Waals surface area (Å²) in [6, 6.07) is 14.5. The molecule has 1 aliphatic rings. The first-order valence-electron chi connectivity index (χ1n) is 9.42. The monoisotopic (exact) mass is 448 g/mol. The lowest BCUT2D eigenvalue weighted by atomic mass is 10.1. The first kappa shape index (κ1) is 19.5. The van der Waals surface area contributed by atoms with Crippen LogP contribution in [0, 0.1) is 0 Å². The van der Waals surface area contributed by atoms with Crippen LogP contribution in [0.1, 0.15) is 37.9 Å². The van der Waals surface area contributed by atoms with Gasteiger partial charge >= 0.3 is 0 Å². The number of aryl methyl sites for hydroxylation is 1. The van der Waals surface area contributed by atoms with Gasteiger partial charge in [-0.15, -0.1) is 0 Å². The van der Waals surface area contributed by atoms with Crippen molar-refractivity contribution in [3.8, 4) is 0 Å². The summed E-state index contributed by atoms with van der Waals surface area (Å²) in [5, 5.41) is 0.457. The molecule has 5 rings (SSSR count). The zero-order valence-corrected chi connectivity index (χ0v) is 17.7. The molecule has 0 bridgehead atoms. The molecule has 0 fully saturated rings. The molecule has 31 heavy (non-hydrogen) atoms. The molecular formula is C24H14Cl2N2O3. The van der Waals surface area contributed by atoms with Crippen molar-refractivity contribution in [2.75, 3.05) is 0 Å². The highest BCUT2D eigenvalue weighted by atomic mass is 35.5. The Hall–Kier alpha value is -3.41. The Balaban J connectivity index is 1.48. The van der Waals surface area contributed by atoms with E-state index in [0.717, 1.165) is 16.9 Å². The SMILES string of the molecule is Cn1c(/C=C/c2ccccc2)nc2oc(C=C3C(=O)c4cc(Cl)c(Cl)cc4C3=O)cc21. The number of fused-ring (bicyclic) bond motifs is 2. The molecule has 0 saturated heterocycles. The molecule has 2 aromatic heterocycles. The maximum absolute atomic E-state index is 12.7. The van der Waals surface area contributed by atoms with Gasteiger partial charge < -0.3 is 8.98 Å². The summed E-state index contributed by atoms with van der Waals surface area (Å²) in [5.74, 6) is 0.284. The molecular weight excluding hydrogens is 435 g/mol. The van der Waals surface area contributed by atoms with E-state index in [-0.39, 0.29) is 26.7 Å². The first-order chi connectivity index (χ1) is 14.9. The van der Waals surface area contributed by atoms with Gasteiger partial charge in [-0.25, -0.2) is 0 Å². The maximum Gasteiger partial charge on any atom is 0.245 e. The van der Waals surface area contributed by atoms with Crippen molar-refractivity contribution in [1.29, 1.82) is 0 Å². The van der Waals surface area contributed by atoms with Crippen LogP contribution in [0.25, 0.3) is 29.5 Å². The predicted molar refractivity (Wildman–Crippen MR) is 121 cm³/mol. The molecule has 152 valence electrons. The first-order valence-corrected chi connectivity index (χ1v) is 10.2. The number of allylic oxidation sites excluding steroid dienone is 1. The number of Topliss-reactive ketones (excluding diaryl/α,β-unsaturated/α-hetero) is 2. The number of hydrogen-bond donors (Lipinski definition) is 0. The molecule has 0 amide bonds. The van der Waals surface area contributed by atoms with Crippen LogP contribution in [0.3, 0.4) is 0 Å². The molecule has 0 aliphatic heterocycles. The van der Waals surface area contributed by atoms with Crippen LogP contribution in [-0.4, -0.2) is 21.1 Å². The molecule has 0 saturated carbocycles. The second-order valence-corrected chi connectivity index (χ2v) is 7.95. The zero-order valence-electron chi connectivity index (χ0n) is 16.2. The summed E-state index contributed by atoms with van der Waals surface area (Å²) in [6.45, 7) is 0. The van der Waals surface area contributed by atoms with Gasteiger partial charge in [-0.3, -0.25) is 9.59 Å². The number of furan rings is 1. The Kier molecular flexibility index (Phi) is 4.65. The number of imidazole rings is 1. The lowest BCUT2D eigenvalue weighted by molar-refractivity contribution is 0.0990. The highest BCUT2D eigenvalue weighted by Gasteiger charge is 2.34. The van der Waals surface area contributed by atoms with Crippen molar-refractivity contribution in [2.45, 2.75) is 0 Å². The zero-order chi connectivity index (χ0) is 21.7. The van der Waals surface area contributed by atoms with E-state index in [1.54, 1.807) is 6.07 Å². The summed E-state index contributed by atoms with van der Waals surface area (Å²) >= 11 is 12.0. The molecule has 2 aromatic carbocycles. The van der Waals surface area contributed by atoms with Crippen molar-refractivity contribution >= 4 is 64.2 Å². The third-order valence-corrected chi connectivity index (χ3v) is 5.91. The van der Waals surface area contributed by atoms with Gasteiger partial charge in [0.1, 0.15) is 17.1 Å². The predicted octanol–water partition coefficient (Wildman–Crippen LogP) is 6.11. The van der Waals surface area contributed by atoms with Crippen LogP contribution in [0.2, 0.25) is 10.0 Å². The maximum atomic E-state index is 12.7. The summed E-state index contributed by atoms with van der Waals surface area (Å²) in [5.41, 5.74) is 2.73. The molecule has 0 unspecified atom stereocenters. The van der Waals surface area contributed by atoms with Gasteiger partial charge in [0.15, 0.2) is 11.6 Å². The van der Waals surface area contributed by atoms with Gasteiger partial charge in [0, 0.05) is 24.2 Å². The number of aromatic nitrogens is 2. The van der Waals surface area contributed by atoms with Gasteiger partial charge in [0.2, 0.25) is 5.71 Å². The van der Waals surface area contributed by atoms with E-state index in [9.17, 15) is 9.59 Å². The second kappa shape index (κ2) is 7.38. The van der Waals surface area contributed by atoms with Gasteiger partial charge in [0.25, 0.3) is 0 Å². The summed E-state index contributed by atoms with van der Waals surface area (Å²) in [7, 11) is 1.87. The van der Waals surface area contributed by atoms with E-state index in [4.69, 9.17) is 27.6 Å². The number of benzene rings is 2. The quantitative estimate of drug-likeness (QED) is 0.280. The molecule has 5 nitrogen and oxygen atoms in total. The summed E-state index contributed by atoms with van der Waals surface area (Å²) in [6.07, 6.45) is 5.30. The summed E-state index contributed by atoms with van der Waals surface area (Å²) < 4.78 is 7.67. The van der Waals surface area contributed by atoms with E-state index in [0.29, 0.717) is 11.5 Å². The van der Waals surface area contributed by atoms with E-state index < -0.39 is 11.6 Å². The van der Waals surface area contributed by atoms with Crippen LogP contribution in [0.4, 0.5) is 0 Å². The molecule has 0 radical (unpaired) electrons. The highest BCUT2D eigenvalue weighted by Crippen LogP contribution is 2.34. The van der Waals surface area contributed by atoms with Gasteiger partial charge in [-0.1, -0.05) is 59.6 Å². The van der Waals surface area contributed by atoms with E-state index in [1.165, 1.54) is 18.2 Å². The molecule has 0 spiro atoms. The Morgan fingerprint density at radius 2 is 1.58 bits per heavy atom. The van der Waals surface area contributed by atoms with Gasteiger partial charge in [-0.05, 0) is 29.8 Å². The van der Waals surface area contributed by atoms with Gasteiger partial charge in [-0.2, -0.15) is 4.98 Å². The van der Waals surface area contributed by atoms with Crippen LogP contribution < -0.4 is 0 Å². The fraction of sp³-hybridized carbons (Fsp3) is 0.0417. The van der Waals surface area contributed by atoms with E-state index in [1.807, 2.05) is 54.1 Å². The third kappa shape index (κ3) is 3.32. The molecule has 2 heterocycles. The van der Waals surface area contributed by atoms with Crippen LogP contribution in [0.15, 0.2) is 58.5 Å². The normalized spacial score (nSPS) is 13.6. The van der Waals surface area contributed by atoms with Crippen LogP contribution in [-0.2, 0) is 7.05 Å². The smallest absolute Gasteiger partial charge is 0.245 e. The average Bonchev–Trinajstić information content (AvgIpc) is 3.36. The van der Waals surface area contributed by atoms with E-state index in [2.05, 4.69) is 4.98 Å². The fourth-order valence-electron chi connectivity index (χ4n) is 3.56. The average molecular weight is 449 g/mol. The Morgan fingerprint density at radius 3 is 2.19 bits per heavy atom. The number of hydrogen-bond acceptors (Lipinski definition) is 4. The molecule has 1 aliphatic carbocycles. The lowest BCUT2D eigenvalue weighted by Gasteiger charge is -1.98. The minimum Gasteiger partial charge on any atom is -0.437 e. The van der Waals surface area contributed by atoms with Crippen molar-refractivity contribution in [3.05, 3.63) is 92.4 Å². The van der Waals surface area contributed by atoms with Crippen molar-refractivity contribution in [3.63, 3.8) is 0 Å². The van der Waals surface area contributed by atoms with Crippen molar-refractivity contribution in [2.24, 2.45) is 7.05 Å². The van der Waals surface area contributed by atoms with Crippen molar-refractivity contribution < 1.29 is 14.0 Å². The molecule has 0 N–H and O–H groups in total. The minimum absolute atomic E-state index is 0.0107. The van der Waals surface area contributed by atoms with E-state index >= 15 is 0 Å². The number of ketones is 2. The van der Waals surface area contributed by atoms with Gasteiger partial charge in [0.05, 0.1) is 15.6 Å². The number of carbonyl (C=O) groups excluding carboxylic acids is 2.